The van der Waals surface area contributed by atoms with Gasteiger partial charge in [-0.05, 0) is 17.7 Å². The number of nitrogens with zero attached hydrogens (tertiary/aromatic N) is 1. The number of amides is 1. The molecule has 2 rings (SSSR count). The minimum atomic E-state index is -3.62. The van der Waals surface area contributed by atoms with Crippen LogP contribution in [0.1, 0.15) is 5.56 Å². The first kappa shape index (κ1) is 18.6. The van der Waals surface area contributed by atoms with E-state index in [4.69, 9.17) is 5.73 Å². The van der Waals surface area contributed by atoms with Gasteiger partial charge >= 0.3 is 0 Å². The van der Waals surface area contributed by atoms with Gasteiger partial charge < -0.3 is 5.73 Å². The number of nitrogens with two attached hydrogens (primary N) is 1. The molecule has 0 bridgehead atoms. The molecule has 1 aromatic carbocycles. The standard InChI is InChI=1S/C14H19N3O5S2/c1-2-23(19,20)16-8-12-9-17(10-12)24(21,22)13-5-3-11(4-6-13)7-14(15)18/h2-6,12,16H,1,7-10H2,(H2,15,18). The lowest BCUT2D eigenvalue weighted by molar-refractivity contribution is -0.117. The molecule has 1 aliphatic rings. The van der Waals surface area contributed by atoms with Crippen LogP contribution in [0.3, 0.4) is 0 Å². The summed E-state index contributed by atoms with van der Waals surface area (Å²) < 4.78 is 51.0. The van der Waals surface area contributed by atoms with Crippen LogP contribution in [-0.2, 0) is 31.3 Å². The predicted octanol–water partition coefficient (Wildman–Crippen LogP) is -0.602. The second-order valence-corrected chi connectivity index (χ2v) is 9.19. The maximum Gasteiger partial charge on any atom is 0.243 e. The van der Waals surface area contributed by atoms with Crippen molar-refractivity contribution < 1.29 is 21.6 Å². The third-order valence-electron chi connectivity index (χ3n) is 3.66. The van der Waals surface area contributed by atoms with Gasteiger partial charge in [-0.1, -0.05) is 18.7 Å². The summed E-state index contributed by atoms with van der Waals surface area (Å²) in [6, 6.07) is 5.96. The van der Waals surface area contributed by atoms with Crippen molar-refractivity contribution >= 4 is 26.0 Å². The number of sulfonamides is 2. The average Bonchev–Trinajstić information content (AvgIpc) is 2.45. The summed E-state index contributed by atoms with van der Waals surface area (Å²) in [5.41, 5.74) is 5.73. The van der Waals surface area contributed by atoms with Crippen LogP contribution in [0.15, 0.2) is 41.1 Å². The molecular formula is C14H19N3O5S2. The van der Waals surface area contributed by atoms with E-state index in [1.807, 2.05) is 0 Å². The van der Waals surface area contributed by atoms with Crippen LogP contribution >= 0.6 is 0 Å². The fourth-order valence-electron chi connectivity index (χ4n) is 2.27. The zero-order valence-corrected chi connectivity index (χ0v) is 14.5. The number of hydrogen-bond donors (Lipinski definition) is 2. The number of hydrogen-bond acceptors (Lipinski definition) is 5. The number of carbonyl (C=O) groups excluding carboxylic acids is 1. The van der Waals surface area contributed by atoms with Gasteiger partial charge in [0.25, 0.3) is 0 Å². The van der Waals surface area contributed by atoms with E-state index in [-0.39, 0.29) is 36.9 Å². The topological polar surface area (TPSA) is 127 Å². The van der Waals surface area contributed by atoms with E-state index < -0.39 is 26.0 Å². The number of primary amides is 1. The minimum Gasteiger partial charge on any atom is -0.369 e. The van der Waals surface area contributed by atoms with E-state index in [0.29, 0.717) is 5.56 Å². The molecular weight excluding hydrogens is 354 g/mol. The number of rotatable bonds is 8. The molecule has 0 radical (unpaired) electrons. The van der Waals surface area contributed by atoms with Crippen LogP contribution in [0, 0.1) is 5.92 Å². The first-order chi connectivity index (χ1) is 11.1. The zero-order chi connectivity index (χ0) is 18.0. The van der Waals surface area contributed by atoms with Crippen LogP contribution in [0.2, 0.25) is 0 Å². The van der Waals surface area contributed by atoms with Crippen LogP contribution in [-0.4, -0.2) is 46.7 Å². The fourth-order valence-corrected chi connectivity index (χ4v) is 4.45. The van der Waals surface area contributed by atoms with Crippen molar-refractivity contribution in [1.82, 2.24) is 9.03 Å². The molecule has 0 spiro atoms. The van der Waals surface area contributed by atoms with Crippen molar-refractivity contribution in [3.8, 4) is 0 Å². The van der Waals surface area contributed by atoms with Crippen LogP contribution < -0.4 is 10.5 Å². The Morgan fingerprint density at radius 3 is 2.33 bits per heavy atom. The van der Waals surface area contributed by atoms with Crippen molar-refractivity contribution in [2.75, 3.05) is 19.6 Å². The molecule has 1 saturated heterocycles. The number of nitrogens with one attached hydrogen (secondary N) is 1. The Morgan fingerprint density at radius 2 is 1.83 bits per heavy atom. The smallest absolute Gasteiger partial charge is 0.243 e. The molecule has 1 aromatic rings. The normalized spacial score (nSPS) is 16.5. The number of benzene rings is 1. The van der Waals surface area contributed by atoms with Crippen molar-refractivity contribution in [3.05, 3.63) is 41.8 Å². The Morgan fingerprint density at radius 1 is 1.25 bits per heavy atom. The third-order valence-corrected chi connectivity index (χ3v) is 6.51. The molecule has 1 fully saturated rings. The van der Waals surface area contributed by atoms with Gasteiger partial charge in [0.15, 0.2) is 0 Å². The zero-order valence-electron chi connectivity index (χ0n) is 12.9. The highest BCUT2D eigenvalue weighted by Crippen LogP contribution is 2.25. The van der Waals surface area contributed by atoms with Gasteiger partial charge in [-0.25, -0.2) is 21.6 Å². The molecule has 3 N–H and O–H groups in total. The molecule has 1 aliphatic heterocycles. The Hall–Kier alpha value is -1.75. The van der Waals surface area contributed by atoms with Gasteiger partial charge in [0.05, 0.1) is 11.3 Å². The predicted molar refractivity (Wildman–Crippen MR) is 88.7 cm³/mol. The molecule has 0 aliphatic carbocycles. The third kappa shape index (κ3) is 4.41. The van der Waals surface area contributed by atoms with E-state index in [9.17, 15) is 21.6 Å². The Kier molecular flexibility index (Phi) is 5.43. The van der Waals surface area contributed by atoms with Crippen molar-refractivity contribution in [2.24, 2.45) is 11.7 Å². The molecule has 0 saturated carbocycles. The van der Waals surface area contributed by atoms with E-state index >= 15 is 0 Å². The second kappa shape index (κ2) is 7.01. The molecule has 24 heavy (non-hydrogen) atoms. The van der Waals surface area contributed by atoms with Gasteiger partial charge in [-0.3, -0.25) is 4.79 Å². The summed E-state index contributed by atoms with van der Waals surface area (Å²) in [7, 11) is -7.12. The van der Waals surface area contributed by atoms with Crippen molar-refractivity contribution in [2.45, 2.75) is 11.3 Å². The van der Waals surface area contributed by atoms with E-state index in [1.54, 1.807) is 12.1 Å². The average molecular weight is 373 g/mol. The summed E-state index contributed by atoms with van der Waals surface area (Å²) in [6.45, 7) is 3.83. The highest BCUT2D eigenvalue weighted by atomic mass is 32.2. The molecule has 10 heteroatoms. The maximum absolute atomic E-state index is 12.4. The van der Waals surface area contributed by atoms with Crippen LogP contribution in [0.5, 0.6) is 0 Å². The second-order valence-electron chi connectivity index (χ2n) is 5.54. The maximum atomic E-state index is 12.4. The van der Waals surface area contributed by atoms with Crippen LogP contribution in [0.4, 0.5) is 0 Å². The summed E-state index contributed by atoms with van der Waals surface area (Å²) in [4.78, 5) is 11.0. The first-order valence-electron chi connectivity index (χ1n) is 7.13. The highest BCUT2D eigenvalue weighted by Gasteiger charge is 2.36. The quantitative estimate of drug-likeness (QED) is 0.629. The van der Waals surface area contributed by atoms with Gasteiger partial charge in [0.1, 0.15) is 0 Å². The Bertz CT molecular complexity index is 826. The lowest BCUT2D eigenvalue weighted by Crippen LogP contribution is -2.53. The van der Waals surface area contributed by atoms with Gasteiger partial charge in [-0.15, -0.1) is 0 Å². The van der Waals surface area contributed by atoms with Gasteiger partial charge in [0, 0.05) is 31.0 Å². The number of carbonyl (C=O) groups is 1. The minimum absolute atomic E-state index is 0.0512. The van der Waals surface area contributed by atoms with Crippen molar-refractivity contribution in [1.29, 1.82) is 0 Å². The van der Waals surface area contributed by atoms with Crippen molar-refractivity contribution in [3.63, 3.8) is 0 Å². The molecule has 1 heterocycles. The monoisotopic (exact) mass is 373 g/mol. The highest BCUT2D eigenvalue weighted by molar-refractivity contribution is 7.92. The first-order valence-corrected chi connectivity index (χ1v) is 10.1. The van der Waals surface area contributed by atoms with Gasteiger partial charge in [0.2, 0.25) is 26.0 Å². The summed E-state index contributed by atoms with van der Waals surface area (Å²) >= 11 is 0. The summed E-state index contributed by atoms with van der Waals surface area (Å²) in [6.07, 6.45) is 0.0512. The Balaban J connectivity index is 1.95. The lowest BCUT2D eigenvalue weighted by atomic mass is 10.0. The van der Waals surface area contributed by atoms with E-state index in [0.717, 1.165) is 5.41 Å². The van der Waals surface area contributed by atoms with E-state index in [2.05, 4.69) is 11.3 Å². The largest absolute Gasteiger partial charge is 0.369 e. The SMILES string of the molecule is C=CS(=O)(=O)NCC1CN(S(=O)(=O)c2ccc(CC(N)=O)cc2)C1. The lowest BCUT2D eigenvalue weighted by Gasteiger charge is -2.38. The molecule has 0 unspecified atom stereocenters. The van der Waals surface area contributed by atoms with Crippen LogP contribution in [0.25, 0.3) is 0 Å². The van der Waals surface area contributed by atoms with E-state index in [1.165, 1.54) is 16.4 Å². The van der Waals surface area contributed by atoms with Gasteiger partial charge in [-0.2, -0.15) is 4.31 Å². The molecule has 0 atom stereocenters. The molecule has 8 nitrogen and oxygen atoms in total. The molecule has 132 valence electrons. The summed E-state index contributed by atoms with van der Waals surface area (Å²) in [5, 5.41) is 0.813. The Labute approximate surface area is 141 Å². The fraction of sp³-hybridized carbons (Fsp3) is 0.357. The molecule has 0 aromatic heterocycles. The molecule has 1 amide bonds. The summed E-state index contributed by atoms with van der Waals surface area (Å²) in [5.74, 6) is -0.568.